The maximum Gasteiger partial charge on any atom is 0.223 e. The summed E-state index contributed by atoms with van der Waals surface area (Å²) in [5.74, 6) is 0.578. The number of piperidine rings is 1. The number of carbonyl (C=O) groups excluding carboxylic acids is 1. The Kier molecular flexibility index (Phi) is 3.82. The van der Waals surface area contributed by atoms with Crippen molar-refractivity contribution in [3.63, 3.8) is 0 Å². The lowest BCUT2D eigenvalue weighted by Crippen LogP contribution is -2.47. The summed E-state index contributed by atoms with van der Waals surface area (Å²) >= 11 is 0. The molecule has 1 saturated carbocycles. The first kappa shape index (κ1) is 12.7. The van der Waals surface area contributed by atoms with Gasteiger partial charge in [-0.15, -0.1) is 0 Å². The molecule has 1 aliphatic carbocycles. The third-order valence-electron chi connectivity index (χ3n) is 4.28. The van der Waals surface area contributed by atoms with Crippen LogP contribution in [-0.4, -0.2) is 34.9 Å². The van der Waals surface area contributed by atoms with Gasteiger partial charge in [0.2, 0.25) is 5.91 Å². The number of hydrogen-bond acceptors (Lipinski definition) is 4. The van der Waals surface area contributed by atoms with Gasteiger partial charge in [0.25, 0.3) is 0 Å². The molecule has 0 radical (unpaired) electrons. The second-order valence-corrected chi connectivity index (χ2v) is 5.67. The van der Waals surface area contributed by atoms with Crippen LogP contribution < -0.4 is 5.32 Å². The standard InChI is InChI=1S/C14H21N3O2/c18-14(11-2-1-3-11)16-12-4-6-17(7-5-12)8-13-9-19-10-15-13/h9-12H,1-8H2,(H,16,18). The zero-order chi connectivity index (χ0) is 13.1. The third-order valence-corrected chi connectivity index (χ3v) is 4.28. The Balaban J connectivity index is 1.40. The van der Waals surface area contributed by atoms with Gasteiger partial charge in [0.15, 0.2) is 6.39 Å². The molecule has 2 heterocycles. The number of aromatic nitrogens is 1. The van der Waals surface area contributed by atoms with Gasteiger partial charge in [0, 0.05) is 31.6 Å². The van der Waals surface area contributed by atoms with E-state index < -0.39 is 0 Å². The molecule has 0 spiro atoms. The molecule has 0 unspecified atom stereocenters. The molecule has 5 heteroatoms. The first-order chi connectivity index (χ1) is 9.31. The minimum Gasteiger partial charge on any atom is -0.451 e. The second-order valence-electron chi connectivity index (χ2n) is 5.67. The van der Waals surface area contributed by atoms with Crippen LogP contribution in [0.4, 0.5) is 0 Å². The highest BCUT2D eigenvalue weighted by Crippen LogP contribution is 2.26. The third kappa shape index (κ3) is 3.15. The Labute approximate surface area is 113 Å². The van der Waals surface area contributed by atoms with Crippen molar-refractivity contribution < 1.29 is 9.21 Å². The van der Waals surface area contributed by atoms with E-state index in [2.05, 4.69) is 15.2 Å². The number of hydrogen-bond donors (Lipinski definition) is 1. The summed E-state index contributed by atoms with van der Waals surface area (Å²) in [4.78, 5) is 18.4. The van der Waals surface area contributed by atoms with Crippen LogP contribution in [0, 0.1) is 5.92 Å². The summed E-state index contributed by atoms with van der Waals surface area (Å²) in [7, 11) is 0. The number of amides is 1. The molecule has 19 heavy (non-hydrogen) atoms. The summed E-state index contributed by atoms with van der Waals surface area (Å²) in [6, 6.07) is 0.363. The van der Waals surface area contributed by atoms with E-state index in [9.17, 15) is 4.79 Å². The van der Waals surface area contributed by atoms with Gasteiger partial charge in [-0.1, -0.05) is 6.42 Å². The van der Waals surface area contributed by atoms with Crippen molar-refractivity contribution in [1.29, 1.82) is 0 Å². The quantitative estimate of drug-likeness (QED) is 0.895. The van der Waals surface area contributed by atoms with Crippen LogP contribution in [0.25, 0.3) is 0 Å². The summed E-state index contributed by atoms with van der Waals surface area (Å²) in [6.07, 6.45) is 8.62. The highest BCUT2D eigenvalue weighted by atomic mass is 16.3. The fourth-order valence-electron chi connectivity index (χ4n) is 2.77. The number of likely N-dealkylation sites (tertiary alicyclic amines) is 1. The molecular formula is C14H21N3O2. The average Bonchev–Trinajstić information content (AvgIpc) is 2.82. The van der Waals surface area contributed by atoms with E-state index in [4.69, 9.17) is 4.42 Å². The fraction of sp³-hybridized carbons (Fsp3) is 0.714. The van der Waals surface area contributed by atoms with E-state index in [-0.39, 0.29) is 5.91 Å². The van der Waals surface area contributed by atoms with Gasteiger partial charge in [-0.05, 0) is 25.7 Å². The number of nitrogens with one attached hydrogen (secondary N) is 1. The molecule has 1 aromatic rings. The predicted octanol–water partition coefficient (Wildman–Crippen LogP) is 1.56. The maximum absolute atomic E-state index is 11.9. The molecule has 1 amide bonds. The van der Waals surface area contributed by atoms with Gasteiger partial charge in [-0.25, -0.2) is 4.98 Å². The summed E-state index contributed by atoms with van der Waals surface area (Å²) in [5.41, 5.74) is 0.983. The van der Waals surface area contributed by atoms with Crippen molar-refractivity contribution in [2.24, 2.45) is 5.92 Å². The topological polar surface area (TPSA) is 58.4 Å². The summed E-state index contributed by atoms with van der Waals surface area (Å²) in [5, 5.41) is 3.20. The van der Waals surface area contributed by atoms with Gasteiger partial charge in [0.05, 0.1) is 5.69 Å². The van der Waals surface area contributed by atoms with Gasteiger partial charge in [-0.3, -0.25) is 9.69 Å². The van der Waals surface area contributed by atoms with Crippen molar-refractivity contribution >= 4 is 5.91 Å². The average molecular weight is 263 g/mol. The second kappa shape index (κ2) is 5.74. The van der Waals surface area contributed by atoms with Crippen LogP contribution in [0.5, 0.6) is 0 Å². The molecule has 1 aromatic heterocycles. The minimum absolute atomic E-state index is 0.279. The molecule has 0 aromatic carbocycles. The van der Waals surface area contributed by atoms with E-state index in [1.165, 1.54) is 12.8 Å². The van der Waals surface area contributed by atoms with Crippen LogP contribution in [0.1, 0.15) is 37.8 Å². The van der Waals surface area contributed by atoms with Crippen LogP contribution in [0.2, 0.25) is 0 Å². The van der Waals surface area contributed by atoms with Crippen molar-refractivity contribution in [2.45, 2.75) is 44.7 Å². The minimum atomic E-state index is 0.279. The molecular weight excluding hydrogens is 242 g/mol. The molecule has 2 aliphatic rings. The van der Waals surface area contributed by atoms with E-state index in [0.717, 1.165) is 51.0 Å². The summed E-state index contributed by atoms with van der Waals surface area (Å²) in [6.45, 7) is 2.88. The molecule has 0 atom stereocenters. The lowest BCUT2D eigenvalue weighted by atomic mass is 9.84. The van der Waals surface area contributed by atoms with Gasteiger partial charge in [-0.2, -0.15) is 0 Å². The van der Waals surface area contributed by atoms with Crippen LogP contribution in [0.3, 0.4) is 0 Å². The normalized spacial score (nSPS) is 22.1. The lowest BCUT2D eigenvalue weighted by molar-refractivity contribution is -0.128. The van der Waals surface area contributed by atoms with Gasteiger partial charge in [0.1, 0.15) is 6.26 Å². The monoisotopic (exact) mass is 263 g/mol. The van der Waals surface area contributed by atoms with Crippen molar-refractivity contribution in [1.82, 2.24) is 15.2 Å². The van der Waals surface area contributed by atoms with E-state index in [1.807, 2.05) is 0 Å². The SMILES string of the molecule is O=C(NC1CCN(Cc2cocn2)CC1)C1CCC1. The maximum atomic E-state index is 11.9. The summed E-state index contributed by atoms with van der Waals surface area (Å²) < 4.78 is 4.98. The zero-order valence-corrected chi connectivity index (χ0v) is 11.2. The Morgan fingerprint density at radius 3 is 2.74 bits per heavy atom. The molecule has 1 saturated heterocycles. The number of rotatable bonds is 4. The Morgan fingerprint density at radius 1 is 1.37 bits per heavy atom. The molecule has 104 valence electrons. The molecule has 5 nitrogen and oxygen atoms in total. The lowest BCUT2D eigenvalue weighted by Gasteiger charge is -2.33. The Hall–Kier alpha value is -1.36. The highest BCUT2D eigenvalue weighted by molar-refractivity contribution is 5.79. The Bertz CT molecular complexity index is 406. The smallest absolute Gasteiger partial charge is 0.223 e. The molecule has 3 rings (SSSR count). The number of oxazole rings is 1. The van der Waals surface area contributed by atoms with Gasteiger partial charge < -0.3 is 9.73 Å². The van der Waals surface area contributed by atoms with Crippen molar-refractivity contribution in [3.05, 3.63) is 18.4 Å². The van der Waals surface area contributed by atoms with Crippen LogP contribution in [-0.2, 0) is 11.3 Å². The van der Waals surface area contributed by atoms with Crippen molar-refractivity contribution in [2.75, 3.05) is 13.1 Å². The van der Waals surface area contributed by atoms with E-state index >= 15 is 0 Å². The largest absolute Gasteiger partial charge is 0.451 e. The highest BCUT2D eigenvalue weighted by Gasteiger charge is 2.28. The molecule has 1 N–H and O–H groups in total. The van der Waals surface area contributed by atoms with Crippen molar-refractivity contribution in [3.8, 4) is 0 Å². The first-order valence-corrected chi connectivity index (χ1v) is 7.21. The first-order valence-electron chi connectivity index (χ1n) is 7.21. The molecule has 2 fully saturated rings. The number of nitrogens with zero attached hydrogens (tertiary/aromatic N) is 2. The Morgan fingerprint density at radius 2 is 2.16 bits per heavy atom. The fourth-order valence-corrected chi connectivity index (χ4v) is 2.77. The predicted molar refractivity (Wildman–Crippen MR) is 70.3 cm³/mol. The number of carbonyl (C=O) groups is 1. The van der Waals surface area contributed by atoms with Crippen LogP contribution >= 0.6 is 0 Å². The van der Waals surface area contributed by atoms with E-state index in [1.54, 1.807) is 6.26 Å². The van der Waals surface area contributed by atoms with Gasteiger partial charge >= 0.3 is 0 Å². The molecule has 0 bridgehead atoms. The van der Waals surface area contributed by atoms with Crippen LogP contribution in [0.15, 0.2) is 17.1 Å². The van der Waals surface area contributed by atoms with E-state index in [0.29, 0.717) is 12.0 Å². The molecule has 1 aliphatic heterocycles. The zero-order valence-electron chi connectivity index (χ0n) is 11.2.